The summed E-state index contributed by atoms with van der Waals surface area (Å²) in [6, 6.07) is 0. The Morgan fingerprint density at radius 3 is 2.40 bits per heavy atom. The van der Waals surface area contributed by atoms with E-state index in [1.54, 1.807) is 0 Å². The van der Waals surface area contributed by atoms with E-state index >= 15 is 0 Å². The van der Waals surface area contributed by atoms with Gasteiger partial charge in [0.1, 0.15) is 0 Å². The molecule has 2 nitrogen and oxygen atoms in total. The van der Waals surface area contributed by atoms with E-state index in [0.717, 1.165) is 0 Å². The van der Waals surface area contributed by atoms with Gasteiger partial charge < -0.3 is 0 Å². The van der Waals surface area contributed by atoms with E-state index in [1.807, 2.05) is 16.4 Å². The van der Waals surface area contributed by atoms with E-state index in [2.05, 4.69) is 9.56 Å². The second kappa shape index (κ2) is 4.35. The molecule has 0 fully saturated rings. The number of hydrogen-bond donors (Lipinski definition) is 0. The van der Waals surface area contributed by atoms with Gasteiger partial charge in [0.15, 0.2) is 0 Å². The predicted molar refractivity (Wildman–Crippen MR) is 22.4 cm³/mol. The molecular weight excluding hydrogens is 87.0 g/mol. The van der Waals surface area contributed by atoms with Crippen molar-refractivity contribution in [1.29, 1.82) is 0 Å². The maximum absolute atomic E-state index is 4.30. The quantitative estimate of drug-likeness (QED) is 0.285. The van der Waals surface area contributed by atoms with Crippen molar-refractivity contribution >= 4 is 9.47 Å². The Morgan fingerprint density at radius 2 is 2.40 bits per heavy atom. The molecule has 0 amide bonds. The summed E-state index contributed by atoms with van der Waals surface area (Å²) in [5.74, 6) is 0. The van der Waals surface area contributed by atoms with E-state index in [0.29, 0.717) is 6.61 Å². The van der Waals surface area contributed by atoms with Crippen molar-refractivity contribution in [2.45, 2.75) is 6.92 Å². The Labute approximate surface area is 33.7 Å². The molecule has 0 rings (SSSR count). The second-order valence-corrected chi connectivity index (χ2v) is 0.695. The molecule has 0 aliphatic heterocycles. The van der Waals surface area contributed by atoms with Crippen molar-refractivity contribution in [3.05, 3.63) is 0 Å². The molecule has 0 N–H and O–H groups in total. The Morgan fingerprint density at radius 1 is 1.80 bits per heavy atom. The van der Waals surface area contributed by atoms with Gasteiger partial charge in [-0.3, -0.25) is 0 Å². The minimum Gasteiger partial charge on any atom is -0.234 e. The van der Waals surface area contributed by atoms with E-state index in [9.17, 15) is 0 Å². The third-order valence-corrected chi connectivity index (χ3v) is 0.322. The van der Waals surface area contributed by atoms with E-state index in [4.69, 9.17) is 0 Å². The summed E-state index contributed by atoms with van der Waals surface area (Å²) in [5.41, 5.74) is 0. The molecule has 5 heavy (non-hydrogen) atoms. The number of rotatable bonds is 2. The first kappa shape index (κ1) is 5.35. The molecule has 0 aliphatic carbocycles. The first-order valence-corrected chi connectivity index (χ1v) is 1.87. The lowest BCUT2D eigenvalue weighted by Crippen LogP contribution is -1.77. The van der Waals surface area contributed by atoms with Crippen molar-refractivity contribution < 1.29 is 9.56 Å². The van der Waals surface area contributed by atoms with Crippen LogP contribution in [0.3, 0.4) is 0 Å². The smallest absolute Gasteiger partial charge is 0.0797 e. The molecule has 0 spiro atoms. The third-order valence-electron chi connectivity index (χ3n) is 0.186. The molecule has 0 saturated carbocycles. The summed E-state index contributed by atoms with van der Waals surface area (Å²) >= 11 is 0. The average Bonchev–Trinajstić information content (AvgIpc) is 1.41. The van der Waals surface area contributed by atoms with Crippen LogP contribution in [0.2, 0.25) is 0 Å². The molecule has 3 heteroatoms. The monoisotopic (exact) mass is 94.0 g/mol. The molecule has 1 unspecified atom stereocenters. The van der Waals surface area contributed by atoms with Crippen LogP contribution >= 0.6 is 9.47 Å². The molecule has 0 radical (unpaired) electrons. The molecule has 32 valence electrons. The maximum atomic E-state index is 4.30. The van der Waals surface area contributed by atoms with Gasteiger partial charge in [0.2, 0.25) is 0 Å². The van der Waals surface area contributed by atoms with Crippen LogP contribution < -0.4 is 0 Å². The van der Waals surface area contributed by atoms with E-state index in [-0.39, 0.29) is 0 Å². The fraction of sp³-hybridized carbons (Fsp3) is 1.00. The summed E-state index contributed by atoms with van der Waals surface area (Å²) in [5, 5.41) is 0. The SMILES string of the molecule is CCOOP. The molecule has 0 aromatic rings. The summed E-state index contributed by atoms with van der Waals surface area (Å²) in [6.45, 7) is 2.45. The standard InChI is InChI=1S/C2H7O2P/c1-2-3-4-5/h2,5H2,1H3. The van der Waals surface area contributed by atoms with Gasteiger partial charge in [-0.2, -0.15) is 0 Å². The largest absolute Gasteiger partial charge is 0.234 e. The fourth-order valence-corrected chi connectivity index (χ4v) is 0.204. The summed E-state index contributed by atoms with van der Waals surface area (Å²) in [7, 11) is 1.98. The Balaban J connectivity index is 2.19. The Hall–Kier alpha value is 0.350. The normalized spacial score (nSPS) is 8.40. The lowest BCUT2D eigenvalue weighted by Gasteiger charge is -1.86. The van der Waals surface area contributed by atoms with Crippen molar-refractivity contribution in [2.75, 3.05) is 6.61 Å². The molecule has 0 aromatic carbocycles. The summed E-state index contributed by atoms with van der Waals surface area (Å²) in [6.07, 6.45) is 0. The zero-order valence-corrected chi connectivity index (χ0v) is 4.26. The van der Waals surface area contributed by atoms with Crippen molar-refractivity contribution in [3.8, 4) is 0 Å². The van der Waals surface area contributed by atoms with Gasteiger partial charge >= 0.3 is 0 Å². The number of hydrogen-bond acceptors (Lipinski definition) is 2. The molecule has 0 heterocycles. The van der Waals surface area contributed by atoms with Crippen LogP contribution in [0, 0.1) is 0 Å². The highest BCUT2D eigenvalue weighted by atomic mass is 31.0. The van der Waals surface area contributed by atoms with Gasteiger partial charge in [-0.25, -0.2) is 9.56 Å². The minimum absolute atomic E-state index is 0.601. The third kappa shape index (κ3) is 4.35. The van der Waals surface area contributed by atoms with E-state index in [1.165, 1.54) is 0 Å². The van der Waals surface area contributed by atoms with Gasteiger partial charge in [-0.05, 0) is 6.92 Å². The molecule has 0 aromatic heterocycles. The van der Waals surface area contributed by atoms with Gasteiger partial charge in [0, 0.05) is 9.47 Å². The second-order valence-electron chi connectivity index (χ2n) is 0.503. The van der Waals surface area contributed by atoms with Gasteiger partial charge in [-0.1, -0.05) is 0 Å². The topological polar surface area (TPSA) is 18.5 Å². The Kier molecular flexibility index (Phi) is 4.65. The highest BCUT2D eigenvalue weighted by Crippen LogP contribution is 1.82. The van der Waals surface area contributed by atoms with Crippen LogP contribution in [0.15, 0.2) is 0 Å². The molecule has 0 bridgehead atoms. The molecule has 1 atom stereocenters. The summed E-state index contributed by atoms with van der Waals surface area (Å²) < 4.78 is 4.11. The van der Waals surface area contributed by atoms with Crippen LogP contribution in [0.4, 0.5) is 0 Å². The van der Waals surface area contributed by atoms with Crippen LogP contribution in [-0.4, -0.2) is 6.61 Å². The lowest BCUT2D eigenvalue weighted by atomic mass is 10.9. The van der Waals surface area contributed by atoms with Crippen LogP contribution in [-0.2, 0) is 9.56 Å². The Bertz CT molecular complexity index is 15.1. The summed E-state index contributed by atoms with van der Waals surface area (Å²) in [4.78, 5) is 4.30. The van der Waals surface area contributed by atoms with Gasteiger partial charge in [-0.15, -0.1) is 0 Å². The van der Waals surface area contributed by atoms with Gasteiger partial charge in [0.25, 0.3) is 0 Å². The zero-order chi connectivity index (χ0) is 4.12. The van der Waals surface area contributed by atoms with Crippen molar-refractivity contribution in [1.82, 2.24) is 0 Å². The van der Waals surface area contributed by atoms with Gasteiger partial charge in [0.05, 0.1) is 6.61 Å². The highest BCUT2D eigenvalue weighted by molar-refractivity contribution is 7.09. The van der Waals surface area contributed by atoms with Crippen molar-refractivity contribution in [3.63, 3.8) is 0 Å². The van der Waals surface area contributed by atoms with Crippen LogP contribution in [0.25, 0.3) is 0 Å². The predicted octanol–water partition coefficient (Wildman–Crippen LogP) is 0.745. The fourth-order valence-electron chi connectivity index (χ4n) is 0.0680. The molecule has 0 saturated heterocycles. The lowest BCUT2D eigenvalue weighted by molar-refractivity contribution is -0.187. The van der Waals surface area contributed by atoms with Crippen LogP contribution in [0.1, 0.15) is 6.92 Å². The maximum Gasteiger partial charge on any atom is 0.0797 e. The van der Waals surface area contributed by atoms with Crippen LogP contribution in [0.5, 0.6) is 0 Å². The highest BCUT2D eigenvalue weighted by Gasteiger charge is 1.63. The average molecular weight is 94.1 g/mol. The zero-order valence-electron chi connectivity index (χ0n) is 3.10. The first-order valence-electron chi connectivity index (χ1n) is 1.40. The first-order chi connectivity index (χ1) is 2.41. The molecule has 0 aliphatic rings. The van der Waals surface area contributed by atoms with E-state index < -0.39 is 0 Å². The minimum atomic E-state index is 0.601. The molecular formula is C2H7O2P. The van der Waals surface area contributed by atoms with Crippen molar-refractivity contribution in [2.24, 2.45) is 0 Å².